The maximum atomic E-state index is 5.91. The van der Waals surface area contributed by atoms with Crippen molar-refractivity contribution in [1.82, 2.24) is 0 Å². The number of ether oxygens (including phenoxy) is 1. The second-order valence-corrected chi connectivity index (χ2v) is 4.57. The molecule has 0 unspecified atom stereocenters. The first kappa shape index (κ1) is 11.1. The summed E-state index contributed by atoms with van der Waals surface area (Å²) in [7, 11) is 0. The first-order valence-corrected chi connectivity index (χ1v) is 6.40. The fraction of sp³-hybridized carbons (Fsp3) is 0.176. The number of allylic oxidation sites excluding steroid dienone is 2. The molecule has 0 aromatic heterocycles. The summed E-state index contributed by atoms with van der Waals surface area (Å²) in [5, 5.41) is 0. The van der Waals surface area contributed by atoms with Crippen molar-refractivity contribution in [2.75, 3.05) is 0 Å². The minimum atomic E-state index is 0.971. The number of fused-ring (bicyclic) bond motifs is 1. The molecular formula is C17H16O. The van der Waals surface area contributed by atoms with Gasteiger partial charge in [0.25, 0.3) is 0 Å². The molecule has 1 nitrogen and oxygen atoms in total. The Morgan fingerprint density at radius 3 is 2.50 bits per heavy atom. The number of hydrogen-bond acceptors (Lipinski definition) is 1. The van der Waals surface area contributed by atoms with Crippen molar-refractivity contribution in [2.45, 2.75) is 19.3 Å². The molecule has 90 valence electrons. The summed E-state index contributed by atoms with van der Waals surface area (Å²) >= 11 is 0. The number of rotatable bonds is 3. The topological polar surface area (TPSA) is 9.23 Å². The van der Waals surface area contributed by atoms with Crippen LogP contribution in [-0.4, -0.2) is 0 Å². The van der Waals surface area contributed by atoms with Gasteiger partial charge in [0.2, 0.25) is 0 Å². The van der Waals surface area contributed by atoms with Gasteiger partial charge in [-0.3, -0.25) is 0 Å². The Bertz CT molecular complexity index is 555. The Balaban J connectivity index is 1.64. The van der Waals surface area contributed by atoms with Gasteiger partial charge in [0.1, 0.15) is 11.5 Å². The molecule has 0 atom stereocenters. The van der Waals surface area contributed by atoms with Gasteiger partial charge in [-0.1, -0.05) is 48.5 Å². The van der Waals surface area contributed by atoms with Gasteiger partial charge in [0, 0.05) is 6.42 Å². The maximum absolute atomic E-state index is 5.91. The summed E-state index contributed by atoms with van der Waals surface area (Å²) in [5.41, 5.74) is 2.64. The van der Waals surface area contributed by atoms with Crippen LogP contribution in [0.1, 0.15) is 17.5 Å². The highest BCUT2D eigenvalue weighted by atomic mass is 16.5. The van der Waals surface area contributed by atoms with Crippen LogP contribution in [0.25, 0.3) is 0 Å². The van der Waals surface area contributed by atoms with Crippen molar-refractivity contribution in [3.63, 3.8) is 0 Å². The third kappa shape index (κ3) is 2.45. The molecule has 2 aromatic rings. The lowest BCUT2D eigenvalue weighted by molar-refractivity contribution is 0.388. The van der Waals surface area contributed by atoms with E-state index in [-0.39, 0.29) is 0 Å². The molecule has 1 aliphatic heterocycles. The predicted octanol–water partition coefficient (Wildman–Crippen LogP) is 4.14. The molecule has 0 radical (unpaired) electrons. The van der Waals surface area contributed by atoms with E-state index in [1.807, 2.05) is 12.1 Å². The normalized spacial score (nSPS) is 13.4. The molecule has 0 bridgehead atoms. The smallest absolute Gasteiger partial charge is 0.130 e. The summed E-state index contributed by atoms with van der Waals surface area (Å²) in [6, 6.07) is 18.8. The van der Waals surface area contributed by atoms with Gasteiger partial charge in [0.15, 0.2) is 0 Å². The molecule has 0 spiro atoms. The highest BCUT2D eigenvalue weighted by Crippen LogP contribution is 2.27. The second-order valence-electron chi connectivity index (χ2n) is 4.57. The molecule has 18 heavy (non-hydrogen) atoms. The number of hydrogen-bond donors (Lipinski definition) is 0. The largest absolute Gasteiger partial charge is 0.462 e. The Morgan fingerprint density at radius 2 is 1.61 bits per heavy atom. The number of aryl methyl sites for hydroxylation is 1. The minimum Gasteiger partial charge on any atom is -0.462 e. The molecule has 0 amide bonds. The highest BCUT2D eigenvalue weighted by Gasteiger charge is 2.11. The van der Waals surface area contributed by atoms with Crippen LogP contribution >= 0.6 is 0 Å². The Labute approximate surface area is 108 Å². The van der Waals surface area contributed by atoms with E-state index < -0.39 is 0 Å². The molecule has 0 N–H and O–H groups in total. The zero-order chi connectivity index (χ0) is 12.2. The predicted molar refractivity (Wildman–Crippen MR) is 73.6 cm³/mol. The van der Waals surface area contributed by atoms with Gasteiger partial charge < -0.3 is 4.74 Å². The quantitative estimate of drug-likeness (QED) is 0.778. The fourth-order valence-corrected chi connectivity index (χ4v) is 2.24. The SMILES string of the molecule is C1=C(CCc2ccccc2)Oc2ccccc2C1. The van der Waals surface area contributed by atoms with E-state index in [0.717, 1.165) is 30.8 Å². The van der Waals surface area contributed by atoms with E-state index in [9.17, 15) is 0 Å². The molecule has 2 aromatic carbocycles. The van der Waals surface area contributed by atoms with E-state index in [1.165, 1.54) is 11.1 Å². The maximum Gasteiger partial charge on any atom is 0.130 e. The lowest BCUT2D eigenvalue weighted by atomic mass is 10.0. The average molecular weight is 236 g/mol. The first-order valence-electron chi connectivity index (χ1n) is 6.40. The van der Waals surface area contributed by atoms with Gasteiger partial charge in [-0.25, -0.2) is 0 Å². The van der Waals surface area contributed by atoms with Gasteiger partial charge in [-0.05, 0) is 36.1 Å². The van der Waals surface area contributed by atoms with Gasteiger partial charge >= 0.3 is 0 Å². The van der Waals surface area contributed by atoms with E-state index in [4.69, 9.17) is 4.74 Å². The van der Waals surface area contributed by atoms with Crippen molar-refractivity contribution in [3.8, 4) is 5.75 Å². The van der Waals surface area contributed by atoms with E-state index in [0.29, 0.717) is 0 Å². The van der Waals surface area contributed by atoms with Crippen LogP contribution in [0.5, 0.6) is 5.75 Å². The van der Waals surface area contributed by atoms with E-state index in [2.05, 4.69) is 48.5 Å². The Hall–Kier alpha value is -2.02. The van der Waals surface area contributed by atoms with E-state index in [1.54, 1.807) is 0 Å². The monoisotopic (exact) mass is 236 g/mol. The average Bonchev–Trinajstić information content (AvgIpc) is 2.46. The molecule has 0 saturated carbocycles. The summed E-state index contributed by atoms with van der Waals surface area (Å²) in [6.45, 7) is 0. The van der Waals surface area contributed by atoms with Crippen LogP contribution in [0.3, 0.4) is 0 Å². The molecule has 3 rings (SSSR count). The van der Waals surface area contributed by atoms with Crippen LogP contribution in [0, 0.1) is 0 Å². The minimum absolute atomic E-state index is 0.971. The fourth-order valence-electron chi connectivity index (χ4n) is 2.24. The summed E-state index contributed by atoms with van der Waals surface area (Å²) in [6.07, 6.45) is 5.19. The van der Waals surface area contributed by atoms with Crippen LogP contribution in [-0.2, 0) is 12.8 Å². The molecule has 0 aliphatic carbocycles. The third-order valence-electron chi connectivity index (χ3n) is 3.27. The van der Waals surface area contributed by atoms with Crippen LogP contribution < -0.4 is 4.74 Å². The Morgan fingerprint density at radius 1 is 0.833 bits per heavy atom. The molecule has 0 fully saturated rings. The van der Waals surface area contributed by atoms with Crippen molar-refractivity contribution in [2.24, 2.45) is 0 Å². The van der Waals surface area contributed by atoms with Crippen molar-refractivity contribution in [1.29, 1.82) is 0 Å². The van der Waals surface area contributed by atoms with Crippen LogP contribution in [0.4, 0.5) is 0 Å². The zero-order valence-corrected chi connectivity index (χ0v) is 10.3. The number of benzene rings is 2. The summed E-state index contributed by atoms with van der Waals surface area (Å²) in [5.74, 6) is 2.11. The van der Waals surface area contributed by atoms with Crippen LogP contribution in [0.2, 0.25) is 0 Å². The first-order chi connectivity index (χ1) is 8.92. The lowest BCUT2D eigenvalue weighted by Crippen LogP contribution is -2.05. The highest BCUT2D eigenvalue weighted by molar-refractivity contribution is 5.38. The van der Waals surface area contributed by atoms with Crippen molar-refractivity contribution >= 4 is 0 Å². The molecule has 1 heteroatoms. The summed E-state index contributed by atoms with van der Waals surface area (Å²) in [4.78, 5) is 0. The lowest BCUT2D eigenvalue weighted by Gasteiger charge is -2.18. The van der Waals surface area contributed by atoms with E-state index >= 15 is 0 Å². The second kappa shape index (κ2) is 5.09. The van der Waals surface area contributed by atoms with Crippen molar-refractivity contribution < 1.29 is 4.74 Å². The molecule has 0 saturated heterocycles. The molecule has 1 heterocycles. The standard InChI is InChI=1S/C17H16O/c1-2-6-14(7-3-1)10-12-16-13-11-15-8-4-5-9-17(15)18-16/h1-9,13H,10-12H2. The van der Waals surface area contributed by atoms with Crippen molar-refractivity contribution in [3.05, 3.63) is 77.6 Å². The number of para-hydroxylation sites is 1. The summed E-state index contributed by atoms with van der Waals surface area (Å²) < 4.78 is 5.91. The van der Waals surface area contributed by atoms with Gasteiger partial charge in [-0.2, -0.15) is 0 Å². The molecule has 1 aliphatic rings. The van der Waals surface area contributed by atoms with Crippen LogP contribution in [0.15, 0.2) is 66.4 Å². The zero-order valence-electron chi connectivity index (χ0n) is 10.3. The van der Waals surface area contributed by atoms with Gasteiger partial charge in [0.05, 0.1) is 0 Å². The molecular weight excluding hydrogens is 220 g/mol. The third-order valence-corrected chi connectivity index (χ3v) is 3.27. The Kier molecular flexibility index (Phi) is 3.14. The van der Waals surface area contributed by atoms with Gasteiger partial charge in [-0.15, -0.1) is 0 Å².